The first kappa shape index (κ1) is 15.5. The number of hydrogen-bond acceptors (Lipinski definition) is 4. The summed E-state index contributed by atoms with van der Waals surface area (Å²) in [5.41, 5.74) is 0.919. The van der Waals surface area contributed by atoms with Crippen molar-refractivity contribution in [2.45, 2.75) is 38.8 Å². The molecule has 0 radical (unpaired) electrons. The second-order valence-electron chi connectivity index (χ2n) is 5.43. The van der Waals surface area contributed by atoms with E-state index in [0.29, 0.717) is 6.04 Å². The van der Waals surface area contributed by atoms with Crippen LogP contribution in [0.2, 0.25) is 0 Å². The van der Waals surface area contributed by atoms with Gasteiger partial charge in [-0.15, -0.1) is 0 Å². The van der Waals surface area contributed by atoms with Gasteiger partial charge in [-0.1, -0.05) is 0 Å². The molecule has 1 fully saturated rings. The van der Waals surface area contributed by atoms with E-state index in [4.69, 9.17) is 0 Å². The Balaban J connectivity index is 2.30. The highest BCUT2D eigenvalue weighted by Gasteiger charge is 2.25. The van der Waals surface area contributed by atoms with Crippen molar-refractivity contribution in [2.24, 2.45) is 0 Å². The lowest BCUT2D eigenvalue weighted by Gasteiger charge is -2.31. The third-order valence-corrected chi connectivity index (χ3v) is 4.32. The Kier molecular flexibility index (Phi) is 5.20. The van der Waals surface area contributed by atoms with Gasteiger partial charge in [-0.25, -0.2) is 0 Å². The van der Waals surface area contributed by atoms with Crippen LogP contribution in [-0.4, -0.2) is 30.1 Å². The van der Waals surface area contributed by atoms with Crippen molar-refractivity contribution in [2.75, 3.05) is 18.0 Å². The highest BCUT2D eigenvalue weighted by atomic mass is 127. The SMILES string of the molecule is CC(C)N(CC1CCCN1)c1ccc(I)cc1[N+](=O)[O-]. The monoisotopic (exact) mass is 389 g/mol. The average Bonchev–Trinajstić information content (AvgIpc) is 2.89. The lowest BCUT2D eigenvalue weighted by Crippen LogP contribution is -2.41. The first-order valence-electron chi connectivity index (χ1n) is 6.93. The van der Waals surface area contributed by atoms with Gasteiger partial charge in [0.05, 0.1) is 4.92 Å². The van der Waals surface area contributed by atoms with Crippen LogP contribution in [0.25, 0.3) is 0 Å². The van der Waals surface area contributed by atoms with E-state index in [-0.39, 0.29) is 16.7 Å². The number of nitro benzene ring substituents is 1. The zero-order valence-corrected chi connectivity index (χ0v) is 14.0. The number of halogens is 1. The van der Waals surface area contributed by atoms with E-state index in [0.717, 1.165) is 28.8 Å². The molecule has 1 aromatic carbocycles. The van der Waals surface area contributed by atoms with Gasteiger partial charge in [-0.05, 0) is 68.0 Å². The van der Waals surface area contributed by atoms with Crippen LogP contribution in [0.4, 0.5) is 11.4 Å². The molecule has 110 valence electrons. The fourth-order valence-electron chi connectivity index (χ4n) is 2.62. The molecule has 5 nitrogen and oxygen atoms in total. The summed E-state index contributed by atoms with van der Waals surface area (Å²) in [5, 5.41) is 14.8. The Morgan fingerprint density at radius 1 is 1.55 bits per heavy atom. The van der Waals surface area contributed by atoms with Crippen LogP contribution in [-0.2, 0) is 0 Å². The van der Waals surface area contributed by atoms with Crippen LogP contribution in [0.15, 0.2) is 18.2 Å². The molecule has 0 bridgehead atoms. The molecule has 1 N–H and O–H groups in total. The van der Waals surface area contributed by atoms with Crippen LogP contribution < -0.4 is 10.2 Å². The fourth-order valence-corrected chi connectivity index (χ4v) is 3.10. The van der Waals surface area contributed by atoms with Crippen LogP contribution >= 0.6 is 22.6 Å². The van der Waals surface area contributed by atoms with E-state index in [1.54, 1.807) is 6.07 Å². The molecule has 0 aliphatic carbocycles. The van der Waals surface area contributed by atoms with Crippen molar-refractivity contribution in [1.82, 2.24) is 5.32 Å². The molecular formula is C14H20IN3O2. The van der Waals surface area contributed by atoms with Gasteiger partial charge in [0.1, 0.15) is 5.69 Å². The fraction of sp³-hybridized carbons (Fsp3) is 0.571. The van der Waals surface area contributed by atoms with Gasteiger partial charge >= 0.3 is 0 Å². The molecule has 6 heteroatoms. The Hall–Kier alpha value is -0.890. The van der Waals surface area contributed by atoms with E-state index < -0.39 is 0 Å². The summed E-state index contributed by atoms with van der Waals surface area (Å²) in [6.07, 6.45) is 2.33. The molecule has 1 aliphatic heterocycles. The number of anilines is 1. The number of benzene rings is 1. The van der Waals surface area contributed by atoms with E-state index in [2.05, 4.69) is 46.7 Å². The van der Waals surface area contributed by atoms with Crippen molar-refractivity contribution in [3.63, 3.8) is 0 Å². The molecule has 0 saturated carbocycles. The first-order chi connectivity index (χ1) is 9.49. The van der Waals surface area contributed by atoms with E-state index in [1.807, 2.05) is 12.1 Å². The smallest absolute Gasteiger partial charge is 0.293 e. The maximum atomic E-state index is 11.3. The predicted octanol–water partition coefficient (Wildman–Crippen LogP) is 3.17. The molecule has 1 heterocycles. The topological polar surface area (TPSA) is 58.4 Å². The lowest BCUT2D eigenvalue weighted by atomic mass is 10.1. The Labute approximate surface area is 133 Å². The molecule has 1 aliphatic rings. The van der Waals surface area contributed by atoms with Gasteiger partial charge in [0, 0.05) is 28.3 Å². The average molecular weight is 389 g/mol. The van der Waals surface area contributed by atoms with Crippen molar-refractivity contribution in [3.05, 3.63) is 31.9 Å². The number of nitro groups is 1. The second kappa shape index (κ2) is 6.71. The summed E-state index contributed by atoms with van der Waals surface area (Å²) in [7, 11) is 0. The summed E-state index contributed by atoms with van der Waals surface area (Å²) in [6, 6.07) is 6.11. The maximum absolute atomic E-state index is 11.3. The lowest BCUT2D eigenvalue weighted by molar-refractivity contribution is -0.384. The van der Waals surface area contributed by atoms with Crippen LogP contribution in [0, 0.1) is 13.7 Å². The van der Waals surface area contributed by atoms with E-state index >= 15 is 0 Å². The Bertz CT molecular complexity index is 487. The number of rotatable bonds is 5. The summed E-state index contributed by atoms with van der Waals surface area (Å²) in [5.74, 6) is 0. The van der Waals surface area contributed by atoms with Crippen LogP contribution in [0.5, 0.6) is 0 Å². The largest absolute Gasteiger partial charge is 0.362 e. The highest BCUT2D eigenvalue weighted by Crippen LogP contribution is 2.31. The standard InChI is InChI=1S/C14H20IN3O2/c1-10(2)17(9-12-4-3-7-16-12)13-6-5-11(15)8-14(13)18(19)20/h5-6,8,10,12,16H,3-4,7,9H2,1-2H3. The highest BCUT2D eigenvalue weighted by molar-refractivity contribution is 14.1. The quantitative estimate of drug-likeness (QED) is 0.478. The molecule has 0 aromatic heterocycles. The number of hydrogen-bond donors (Lipinski definition) is 1. The molecule has 0 amide bonds. The summed E-state index contributed by atoms with van der Waals surface area (Å²) in [6.45, 7) is 6.03. The Morgan fingerprint density at radius 2 is 2.30 bits per heavy atom. The van der Waals surface area contributed by atoms with E-state index in [1.165, 1.54) is 6.42 Å². The molecule has 1 saturated heterocycles. The number of nitrogens with one attached hydrogen (secondary N) is 1. The summed E-state index contributed by atoms with van der Waals surface area (Å²) >= 11 is 2.11. The van der Waals surface area contributed by atoms with Gasteiger partial charge in [-0.3, -0.25) is 10.1 Å². The Morgan fingerprint density at radius 3 is 2.85 bits per heavy atom. The third-order valence-electron chi connectivity index (χ3n) is 3.65. The van der Waals surface area contributed by atoms with Crippen molar-refractivity contribution in [1.29, 1.82) is 0 Å². The molecular weight excluding hydrogens is 369 g/mol. The van der Waals surface area contributed by atoms with Gasteiger partial charge in [0.15, 0.2) is 0 Å². The van der Waals surface area contributed by atoms with Gasteiger partial charge in [0.25, 0.3) is 5.69 Å². The molecule has 1 aromatic rings. The maximum Gasteiger partial charge on any atom is 0.293 e. The minimum Gasteiger partial charge on any atom is -0.362 e. The van der Waals surface area contributed by atoms with Gasteiger partial charge in [-0.2, -0.15) is 0 Å². The zero-order valence-electron chi connectivity index (χ0n) is 11.8. The third kappa shape index (κ3) is 3.60. The van der Waals surface area contributed by atoms with Crippen molar-refractivity contribution < 1.29 is 4.92 Å². The first-order valence-corrected chi connectivity index (χ1v) is 8.01. The summed E-state index contributed by atoms with van der Waals surface area (Å²) in [4.78, 5) is 13.2. The van der Waals surface area contributed by atoms with E-state index in [9.17, 15) is 10.1 Å². The normalized spacial score (nSPS) is 18.5. The zero-order chi connectivity index (χ0) is 14.7. The minimum absolute atomic E-state index is 0.198. The van der Waals surface area contributed by atoms with Crippen LogP contribution in [0.3, 0.4) is 0 Å². The minimum atomic E-state index is -0.283. The molecule has 2 rings (SSSR count). The molecule has 0 spiro atoms. The molecule has 1 atom stereocenters. The molecule has 1 unspecified atom stereocenters. The van der Waals surface area contributed by atoms with Crippen LogP contribution in [0.1, 0.15) is 26.7 Å². The van der Waals surface area contributed by atoms with Crippen molar-refractivity contribution in [3.8, 4) is 0 Å². The number of nitrogens with zero attached hydrogens (tertiary/aromatic N) is 2. The summed E-state index contributed by atoms with van der Waals surface area (Å²) < 4.78 is 0.890. The van der Waals surface area contributed by atoms with Crippen molar-refractivity contribution >= 4 is 34.0 Å². The van der Waals surface area contributed by atoms with Gasteiger partial charge < -0.3 is 10.2 Å². The van der Waals surface area contributed by atoms with Gasteiger partial charge in [0.2, 0.25) is 0 Å². The predicted molar refractivity (Wildman–Crippen MR) is 89.3 cm³/mol. The second-order valence-corrected chi connectivity index (χ2v) is 6.68. The molecule has 20 heavy (non-hydrogen) atoms.